The monoisotopic (exact) mass is 308 g/mol. The van der Waals surface area contributed by atoms with E-state index in [-0.39, 0.29) is 0 Å². The van der Waals surface area contributed by atoms with Crippen molar-refractivity contribution in [2.45, 2.75) is 25.4 Å². The van der Waals surface area contributed by atoms with Crippen LogP contribution in [-0.4, -0.2) is 37.7 Å². The van der Waals surface area contributed by atoms with Crippen LogP contribution >= 0.6 is 0 Å². The fourth-order valence-corrected chi connectivity index (χ4v) is 3.96. The summed E-state index contributed by atoms with van der Waals surface area (Å²) in [5.74, 6) is 0.977. The molecule has 0 aliphatic carbocycles. The first-order valence-corrected chi connectivity index (χ1v) is 8.53. The molecular formula is C20H24N2O. The van der Waals surface area contributed by atoms with Gasteiger partial charge >= 0.3 is 0 Å². The van der Waals surface area contributed by atoms with Gasteiger partial charge < -0.3 is 9.64 Å². The van der Waals surface area contributed by atoms with Gasteiger partial charge in [-0.15, -0.1) is 0 Å². The molecule has 3 nitrogen and oxygen atoms in total. The highest BCUT2D eigenvalue weighted by Crippen LogP contribution is 2.35. The molecule has 120 valence electrons. The van der Waals surface area contributed by atoms with E-state index in [9.17, 15) is 0 Å². The molecule has 2 aromatic rings. The van der Waals surface area contributed by atoms with E-state index in [4.69, 9.17) is 4.74 Å². The van der Waals surface area contributed by atoms with Crippen molar-refractivity contribution in [1.82, 2.24) is 4.90 Å². The number of methoxy groups -OCH3 is 1. The molecule has 2 aliphatic heterocycles. The van der Waals surface area contributed by atoms with Gasteiger partial charge in [0.05, 0.1) is 7.11 Å². The standard InChI is InChI=1S/C20H24N2O/c1-23-19-9-10-20-17(13-19)7-8-18-15-21(11-12-22(18)20)14-16-5-3-2-4-6-16/h2-6,9-10,13,18H,7-8,11-12,14-15H2,1H3/t18-/m1/s1. The maximum atomic E-state index is 5.37. The highest BCUT2D eigenvalue weighted by Gasteiger charge is 2.31. The number of anilines is 1. The van der Waals surface area contributed by atoms with E-state index in [2.05, 4.69) is 58.3 Å². The molecule has 0 aromatic heterocycles. The van der Waals surface area contributed by atoms with E-state index in [0.717, 1.165) is 31.8 Å². The molecule has 0 saturated carbocycles. The average molecular weight is 308 g/mol. The molecule has 2 heterocycles. The third kappa shape index (κ3) is 2.93. The summed E-state index contributed by atoms with van der Waals surface area (Å²) in [5.41, 5.74) is 4.28. The maximum absolute atomic E-state index is 5.37. The van der Waals surface area contributed by atoms with Crippen LogP contribution in [0.3, 0.4) is 0 Å². The molecule has 1 saturated heterocycles. The average Bonchev–Trinajstić information content (AvgIpc) is 2.61. The molecule has 4 rings (SSSR count). The minimum atomic E-state index is 0.647. The Morgan fingerprint density at radius 2 is 1.96 bits per heavy atom. The van der Waals surface area contributed by atoms with Crippen LogP contribution < -0.4 is 9.64 Å². The zero-order chi connectivity index (χ0) is 15.6. The van der Waals surface area contributed by atoms with Crippen molar-refractivity contribution in [2.75, 3.05) is 31.6 Å². The largest absolute Gasteiger partial charge is 0.497 e. The molecule has 0 spiro atoms. The molecular weight excluding hydrogens is 284 g/mol. The van der Waals surface area contributed by atoms with Crippen LogP contribution in [0.5, 0.6) is 5.75 Å². The van der Waals surface area contributed by atoms with E-state index < -0.39 is 0 Å². The van der Waals surface area contributed by atoms with Crippen LogP contribution in [0.25, 0.3) is 0 Å². The zero-order valence-electron chi connectivity index (χ0n) is 13.7. The molecule has 1 atom stereocenters. The Hall–Kier alpha value is -2.00. The van der Waals surface area contributed by atoms with E-state index in [0.29, 0.717) is 6.04 Å². The van der Waals surface area contributed by atoms with Crippen molar-refractivity contribution in [3.8, 4) is 5.75 Å². The fourth-order valence-electron chi connectivity index (χ4n) is 3.96. The van der Waals surface area contributed by atoms with E-state index in [1.807, 2.05) is 0 Å². The van der Waals surface area contributed by atoms with E-state index in [1.165, 1.54) is 29.8 Å². The zero-order valence-corrected chi connectivity index (χ0v) is 13.7. The fraction of sp³-hybridized carbons (Fsp3) is 0.400. The lowest BCUT2D eigenvalue weighted by Gasteiger charge is -2.46. The molecule has 0 bridgehead atoms. The number of hydrogen-bond acceptors (Lipinski definition) is 3. The number of ether oxygens (including phenoxy) is 1. The minimum Gasteiger partial charge on any atom is -0.497 e. The molecule has 2 aromatic carbocycles. The number of nitrogens with zero attached hydrogens (tertiary/aromatic N) is 2. The van der Waals surface area contributed by atoms with Gasteiger partial charge in [0.1, 0.15) is 5.75 Å². The summed E-state index contributed by atoms with van der Waals surface area (Å²) in [6.07, 6.45) is 2.40. The second-order valence-electron chi connectivity index (χ2n) is 6.60. The summed E-state index contributed by atoms with van der Waals surface area (Å²) in [7, 11) is 1.75. The van der Waals surface area contributed by atoms with Crippen molar-refractivity contribution in [2.24, 2.45) is 0 Å². The minimum absolute atomic E-state index is 0.647. The number of piperazine rings is 1. The number of benzene rings is 2. The predicted octanol–water partition coefficient (Wildman–Crippen LogP) is 3.33. The lowest BCUT2D eigenvalue weighted by molar-refractivity contribution is 0.206. The Morgan fingerprint density at radius 3 is 2.78 bits per heavy atom. The Morgan fingerprint density at radius 1 is 1.09 bits per heavy atom. The van der Waals surface area contributed by atoms with E-state index >= 15 is 0 Å². The lowest BCUT2D eigenvalue weighted by atomic mass is 9.93. The van der Waals surface area contributed by atoms with Crippen molar-refractivity contribution < 1.29 is 4.74 Å². The summed E-state index contributed by atoms with van der Waals surface area (Å²) in [6, 6.07) is 18.0. The van der Waals surface area contributed by atoms with Crippen molar-refractivity contribution in [3.05, 3.63) is 59.7 Å². The topological polar surface area (TPSA) is 15.7 Å². The Kier molecular flexibility index (Phi) is 3.96. The van der Waals surface area contributed by atoms with Gasteiger partial charge in [0.2, 0.25) is 0 Å². The Labute approximate surface area is 138 Å². The normalized spacial score (nSPS) is 20.7. The maximum Gasteiger partial charge on any atom is 0.119 e. The SMILES string of the molecule is COc1ccc2c(c1)CC[C@@H]1CN(Cc3ccccc3)CCN21. The summed E-state index contributed by atoms with van der Waals surface area (Å²) in [4.78, 5) is 5.21. The van der Waals surface area contributed by atoms with Gasteiger partial charge in [0.25, 0.3) is 0 Å². The first-order valence-electron chi connectivity index (χ1n) is 8.53. The number of fused-ring (bicyclic) bond motifs is 3. The molecule has 2 aliphatic rings. The highest BCUT2D eigenvalue weighted by atomic mass is 16.5. The highest BCUT2D eigenvalue weighted by molar-refractivity contribution is 5.59. The summed E-state index contributed by atoms with van der Waals surface area (Å²) in [5, 5.41) is 0. The van der Waals surface area contributed by atoms with Gasteiger partial charge in [-0.3, -0.25) is 4.90 Å². The van der Waals surface area contributed by atoms with Crippen LogP contribution in [0.4, 0.5) is 5.69 Å². The lowest BCUT2D eigenvalue weighted by Crippen LogP contribution is -2.54. The van der Waals surface area contributed by atoms with Gasteiger partial charge in [0.15, 0.2) is 0 Å². The molecule has 0 unspecified atom stereocenters. The Bertz CT molecular complexity index is 671. The summed E-state index contributed by atoms with van der Waals surface area (Å²) in [6.45, 7) is 4.49. The quantitative estimate of drug-likeness (QED) is 0.865. The van der Waals surface area contributed by atoms with Gasteiger partial charge in [0, 0.05) is 37.9 Å². The van der Waals surface area contributed by atoms with Crippen LogP contribution in [0.15, 0.2) is 48.5 Å². The first kappa shape index (κ1) is 14.6. The van der Waals surface area contributed by atoms with Gasteiger partial charge in [-0.1, -0.05) is 30.3 Å². The van der Waals surface area contributed by atoms with Gasteiger partial charge in [-0.05, 0) is 42.2 Å². The number of aryl methyl sites for hydroxylation is 1. The van der Waals surface area contributed by atoms with Crippen LogP contribution in [0, 0.1) is 0 Å². The molecule has 1 fully saturated rings. The molecule has 0 amide bonds. The second-order valence-corrected chi connectivity index (χ2v) is 6.60. The van der Waals surface area contributed by atoms with Crippen LogP contribution in [-0.2, 0) is 13.0 Å². The third-order valence-corrected chi connectivity index (χ3v) is 5.16. The van der Waals surface area contributed by atoms with Crippen molar-refractivity contribution in [3.63, 3.8) is 0 Å². The third-order valence-electron chi connectivity index (χ3n) is 5.16. The second kappa shape index (κ2) is 6.25. The number of hydrogen-bond donors (Lipinski definition) is 0. The summed E-state index contributed by atoms with van der Waals surface area (Å²) < 4.78 is 5.37. The van der Waals surface area contributed by atoms with Gasteiger partial charge in [-0.2, -0.15) is 0 Å². The summed E-state index contributed by atoms with van der Waals surface area (Å²) >= 11 is 0. The smallest absolute Gasteiger partial charge is 0.119 e. The number of rotatable bonds is 3. The van der Waals surface area contributed by atoms with Crippen molar-refractivity contribution in [1.29, 1.82) is 0 Å². The van der Waals surface area contributed by atoms with E-state index in [1.54, 1.807) is 7.11 Å². The molecule has 23 heavy (non-hydrogen) atoms. The van der Waals surface area contributed by atoms with Crippen molar-refractivity contribution >= 4 is 5.69 Å². The predicted molar refractivity (Wildman–Crippen MR) is 94.2 cm³/mol. The Balaban J connectivity index is 1.47. The molecule has 3 heteroatoms. The van der Waals surface area contributed by atoms with Crippen LogP contribution in [0.1, 0.15) is 17.5 Å². The first-order chi connectivity index (χ1) is 11.3. The van der Waals surface area contributed by atoms with Crippen LogP contribution in [0.2, 0.25) is 0 Å². The van der Waals surface area contributed by atoms with Gasteiger partial charge in [-0.25, -0.2) is 0 Å². The molecule has 0 N–H and O–H groups in total. The molecule has 0 radical (unpaired) electrons.